The summed E-state index contributed by atoms with van der Waals surface area (Å²) in [5, 5.41) is 2.18. The van der Waals surface area contributed by atoms with Gasteiger partial charge in [0.05, 0.1) is 13.0 Å². The molecule has 0 N–H and O–H groups in total. The molecule has 0 fully saturated rings. The van der Waals surface area contributed by atoms with Crippen LogP contribution in [0, 0.1) is 0 Å². The standard InChI is InChI=1S/C18H22O3/c1-12(17(19)21-18(2,3)4)13-6-7-15-11-16(20-5)9-8-14(15)10-13/h6-12H,1-5H3/t12-/m0/s1. The summed E-state index contributed by atoms with van der Waals surface area (Å²) in [5.74, 6) is 0.349. The number of hydrogen-bond acceptors (Lipinski definition) is 3. The molecule has 21 heavy (non-hydrogen) atoms. The van der Waals surface area contributed by atoms with Gasteiger partial charge in [0.1, 0.15) is 11.4 Å². The zero-order valence-corrected chi connectivity index (χ0v) is 13.3. The van der Waals surface area contributed by atoms with Crippen LogP contribution >= 0.6 is 0 Å². The van der Waals surface area contributed by atoms with E-state index in [0.717, 1.165) is 22.1 Å². The monoisotopic (exact) mass is 286 g/mol. The van der Waals surface area contributed by atoms with Gasteiger partial charge in [0.25, 0.3) is 0 Å². The Morgan fingerprint density at radius 3 is 2.29 bits per heavy atom. The fourth-order valence-corrected chi connectivity index (χ4v) is 2.16. The van der Waals surface area contributed by atoms with E-state index >= 15 is 0 Å². The minimum atomic E-state index is -0.463. The molecule has 0 aliphatic rings. The maximum absolute atomic E-state index is 12.2. The van der Waals surface area contributed by atoms with Crippen molar-refractivity contribution in [3.8, 4) is 5.75 Å². The predicted molar refractivity (Wildman–Crippen MR) is 84.8 cm³/mol. The normalized spacial score (nSPS) is 13.0. The number of hydrogen-bond donors (Lipinski definition) is 0. The smallest absolute Gasteiger partial charge is 0.313 e. The molecule has 0 saturated carbocycles. The average Bonchev–Trinajstić information content (AvgIpc) is 2.43. The van der Waals surface area contributed by atoms with Gasteiger partial charge in [0.15, 0.2) is 0 Å². The van der Waals surface area contributed by atoms with Crippen molar-refractivity contribution < 1.29 is 14.3 Å². The summed E-state index contributed by atoms with van der Waals surface area (Å²) in [6.45, 7) is 7.51. The second-order valence-corrected chi connectivity index (χ2v) is 6.23. The zero-order valence-electron chi connectivity index (χ0n) is 13.3. The van der Waals surface area contributed by atoms with Gasteiger partial charge in [-0.3, -0.25) is 4.79 Å². The number of esters is 1. The number of fused-ring (bicyclic) bond motifs is 1. The lowest BCUT2D eigenvalue weighted by molar-refractivity contribution is -0.156. The lowest BCUT2D eigenvalue weighted by Gasteiger charge is -2.22. The van der Waals surface area contributed by atoms with Gasteiger partial charge in [-0.15, -0.1) is 0 Å². The molecule has 0 heterocycles. The Morgan fingerprint density at radius 2 is 1.67 bits per heavy atom. The maximum atomic E-state index is 12.2. The predicted octanol–water partition coefficient (Wildman–Crippen LogP) is 4.29. The molecular weight excluding hydrogens is 264 g/mol. The summed E-state index contributed by atoms with van der Waals surface area (Å²) >= 11 is 0. The van der Waals surface area contributed by atoms with E-state index in [2.05, 4.69) is 0 Å². The zero-order chi connectivity index (χ0) is 15.6. The van der Waals surface area contributed by atoms with E-state index in [1.165, 1.54) is 0 Å². The van der Waals surface area contributed by atoms with Crippen LogP contribution in [-0.4, -0.2) is 18.7 Å². The molecular formula is C18H22O3. The van der Waals surface area contributed by atoms with Gasteiger partial charge in [-0.05, 0) is 56.2 Å². The van der Waals surface area contributed by atoms with Crippen molar-refractivity contribution in [2.45, 2.75) is 39.2 Å². The quantitative estimate of drug-likeness (QED) is 0.789. The Balaban J connectivity index is 2.28. The van der Waals surface area contributed by atoms with Crippen LogP contribution < -0.4 is 4.74 Å². The Hall–Kier alpha value is -2.03. The maximum Gasteiger partial charge on any atom is 0.313 e. The van der Waals surface area contributed by atoms with Gasteiger partial charge in [-0.2, -0.15) is 0 Å². The van der Waals surface area contributed by atoms with Crippen LogP contribution in [-0.2, 0) is 9.53 Å². The van der Waals surface area contributed by atoms with E-state index in [1.54, 1.807) is 7.11 Å². The van der Waals surface area contributed by atoms with E-state index < -0.39 is 5.60 Å². The molecule has 2 aromatic rings. The van der Waals surface area contributed by atoms with Gasteiger partial charge in [-0.25, -0.2) is 0 Å². The summed E-state index contributed by atoms with van der Waals surface area (Å²) < 4.78 is 10.7. The third-order valence-corrected chi connectivity index (χ3v) is 3.33. The van der Waals surface area contributed by atoms with Crippen LogP contribution in [0.2, 0.25) is 0 Å². The lowest BCUT2D eigenvalue weighted by atomic mass is 9.97. The molecule has 3 nitrogen and oxygen atoms in total. The molecule has 2 rings (SSSR count). The minimum absolute atomic E-state index is 0.199. The van der Waals surface area contributed by atoms with Crippen LogP contribution in [0.5, 0.6) is 5.75 Å². The molecule has 3 heteroatoms. The first kappa shape index (κ1) is 15.4. The molecule has 0 bridgehead atoms. The molecule has 0 aromatic heterocycles. The number of ether oxygens (including phenoxy) is 2. The van der Waals surface area contributed by atoms with Gasteiger partial charge < -0.3 is 9.47 Å². The Morgan fingerprint density at radius 1 is 1.05 bits per heavy atom. The summed E-state index contributed by atoms with van der Waals surface area (Å²) in [7, 11) is 1.65. The summed E-state index contributed by atoms with van der Waals surface area (Å²) in [4.78, 5) is 12.2. The topological polar surface area (TPSA) is 35.5 Å². The highest BCUT2D eigenvalue weighted by Gasteiger charge is 2.23. The fourth-order valence-electron chi connectivity index (χ4n) is 2.16. The summed E-state index contributed by atoms with van der Waals surface area (Å²) in [6, 6.07) is 11.9. The first-order chi connectivity index (χ1) is 9.80. The highest BCUT2D eigenvalue weighted by molar-refractivity contribution is 5.86. The van der Waals surface area contributed by atoms with Crippen LogP contribution in [0.15, 0.2) is 36.4 Å². The molecule has 112 valence electrons. The van der Waals surface area contributed by atoms with Crippen LogP contribution in [0.1, 0.15) is 39.2 Å². The van der Waals surface area contributed by atoms with Crippen molar-refractivity contribution in [3.05, 3.63) is 42.0 Å². The van der Waals surface area contributed by atoms with Gasteiger partial charge in [0.2, 0.25) is 0 Å². The van der Waals surface area contributed by atoms with Crippen molar-refractivity contribution in [2.24, 2.45) is 0 Å². The van der Waals surface area contributed by atoms with Crippen molar-refractivity contribution in [2.75, 3.05) is 7.11 Å². The van der Waals surface area contributed by atoms with Crippen molar-refractivity contribution in [1.29, 1.82) is 0 Å². The number of carbonyl (C=O) groups excluding carboxylic acids is 1. The van der Waals surface area contributed by atoms with E-state index in [4.69, 9.17) is 9.47 Å². The molecule has 0 amide bonds. The number of carbonyl (C=O) groups is 1. The third kappa shape index (κ3) is 3.75. The summed E-state index contributed by atoms with van der Waals surface area (Å²) in [6.07, 6.45) is 0. The number of methoxy groups -OCH3 is 1. The van der Waals surface area contributed by atoms with Crippen molar-refractivity contribution >= 4 is 16.7 Å². The van der Waals surface area contributed by atoms with Crippen LogP contribution in [0.3, 0.4) is 0 Å². The molecule has 2 aromatic carbocycles. The molecule has 0 unspecified atom stereocenters. The Labute approximate surface area is 125 Å². The largest absolute Gasteiger partial charge is 0.497 e. The van der Waals surface area contributed by atoms with E-state index in [9.17, 15) is 4.79 Å². The van der Waals surface area contributed by atoms with Crippen LogP contribution in [0.25, 0.3) is 10.8 Å². The van der Waals surface area contributed by atoms with E-state index in [0.29, 0.717) is 0 Å². The Bertz CT molecular complexity index is 653. The van der Waals surface area contributed by atoms with Crippen LogP contribution in [0.4, 0.5) is 0 Å². The van der Waals surface area contributed by atoms with Crippen molar-refractivity contribution in [3.63, 3.8) is 0 Å². The lowest BCUT2D eigenvalue weighted by Crippen LogP contribution is -2.26. The SMILES string of the molecule is COc1ccc2cc([C@H](C)C(=O)OC(C)(C)C)ccc2c1. The minimum Gasteiger partial charge on any atom is -0.497 e. The average molecular weight is 286 g/mol. The number of rotatable bonds is 3. The third-order valence-electron chi connectivity index (χ3n) is 3.33. The highest BCUT2D eigenvalue weighted by Crippen LogP contribution is 2.26. The fraction of sp³-hybridized carbons (Fsp3) is 0.389. The van der Waals surface area contributed by atoms with Gasteiger partial charge in [-0.1, -0.05) is 24.3 Å². The molecule has 0 saturated heterocycles. The van der Waals surface area contributed by atoms with E-state index in [-0.39, 0.29) is 11.9 Å². The second-order valence-electron chi connectivity index (χ2n) is 6.23. The molecule has 0 radical (unpaired) electrons. The molecule has 0 aliphatic carbocycles. The second kappa shape index (κ2) is 5.76. The van der Waals surface area contributed by atoms with E-state index in [1.807, 2.05) is 64.1 Å². The van der Waals surface area contributed by atoms with Gasteiger partial charge >= 0.3 is 5.97 Å². The highest BCUT2D eigenvalue weighted by atomic mass is 16.6. The first-order valence-electron chi connectivity index (χ1n) is 7.11. The number of benzene rings is 2. The summed E-state index contributed by atoms with van der Waals surface area (Å²) in [5.41, 5.74) is 0.497. The molecule has 0 aliphatic heterocycles. The Kier molecular flexibility index (Phi) is 4.21. The molecule has 0 spiro atoms. The van der Waals surface area contributed by atoms with Crippen molar-refractivity contribution in [1.82, 2.24) is 0 Å². The first-order valence-corrected chi connectivity index (χ1v) is 7.11. The molecule has 1 atom stereocenters. The van der Waals surface area contributed by atoms with Gasteiger partial charge in [0, 0.05) is 0 Å².